The van der Waals surface area contributed by atoms with E-state index >= 15 is 0 Å². The number of nitrogens with zero attached hydrogens (tertiary/aromatic N) is 1. The maximum Gasteiger partial charge on any atom is 0.225 e. The number of ether oxygens (including phenoxy) is 1. The van der Waals surface area contributed by atoms with Crippen LogP contribution in [0.25, 0.3) is 0 Å². The molecule has 0 unspecified atom stereocenters. The Hall–Kier alpha value is -1.84. The molecule has 0 aromatic heterocycles. The number of piperidine rings is 1. The van der Waals surface area contributed by atoms with Gasteiger partial charge in [0, 0.05) is 31.8 Å². The van der Waals surface area contributed by atoms with Gasteiger partial charge < -0.3 is 9.64 Å². The van der Waals surface area contributed by atoms with Crippen LogP contribution in [0.1, 0.15) is 49.0 Å². The Kier molecular flexibility index (Phi) is 3.71. The average molecular weight is 301 g/mol. The smallest absolute Gasteiger partial charge is 0.225 e. The van der Waals surface area contributed by atoms with Crippen molar-refractivity contribution >= 4 is 11.7 Å². The van der Waals surface area contributed by atoms with Gasteiger partial charge in [0.15, 0.2) is 5.78 Å². The number of hydrogen-bond acceptors (Lipinski definition) is 3. The van der Waals surface area contributed by atoms with Gasteiger partial charge in [0.2, 0.25) is 5.91 Å². The monoisotopic (exact) mass is 301 g/mol. The Balaban J connectivity index is 1.76. The molecule has 0 bridgehead atoms. The van der Waals surface area contributed by atoms with Crippen LogP contribution in [0.4, 0.5) is 0 Å². The van der Waals surface area contributed by atoms with Gasteiger partial charge in [0.05, 0.1) is 12.0 Å². The zero-order valence-electron chi connectivity index (χ0n) is 13.5. The summed E-state index contributed by atoms with van der Waals surface area (Å²) in [6.45, 7) is 7.17. The predicted octanol–water partition coefficient (Wildman–Crippen LogP) is 2.98. The molecule has 2 heterocycles. The number of aryl methyl sites for hydroxylation is 1. The Morgan fingerprint density at radius 3 is 2.59 bits per heavy atom. The van der Waals surface area contributed by atoms with Gasteiger partial charge in [-0.05, 0) is 19.1 Å². The molecule has 1 aromatic rings. The highest BCUT2D eigenvalue weighted by Gasteiger charge is 2.43. The van der Waals surface area contributed by atoms with E-state index in [1.54, 1.807) is 0 Å². The Labute approximate surface area is 131 Å². The SMILES string of the molecule is Cc1ccc2c(c1)C(=O)CC1(CCN(C(=O)C(C)C)CC1)O2. The van der Waals surface area contributed by atoms with Crippen LogP contribution >= 0.6 is 0 Å². The topological polar surface area (TPSA) is 46.6 Å². The Morgan fingerprint density at radius 1 is 1.27 bits per heavy atom. The number of amides is 1. The lowest BCUT2D eigenvalue weighted by Gasteiger charge is -2.44. The number of carbonyl (C=O) groups excluding carboxylic acids is 2. The van der Waals surface area contributed by atoms with Gasteiger partial charge in [-0.15, -0.1) is 0 Å². The first-order valence-electron chi connectivity index (χ1n) is 8.02. The lowest BCUT2D eigenvalue weighted by molar-refractivity contribution is -0.138. The third kappa shape index (κ3) is 2.62. The molecule has 0 saturated carbocycles. The van der Waals surface area contributed by atoms with Crippen LogP contribution in [0.3, 0.4) is 0 Å². The summed E-state index contributed by atoms with van der Waals surface area (Å²) in [5.41, 5.74) is 1.35. The molecule has 3 rings (SSSR count). The molecule has 0 aliphatic carbocycles. The van der Waals surface area contributed by atoms with Crippen molar-refractivity contribution in [2.45, 2.75) is 45.6 Å². The van der Waals surface area contributed by atoms with Crippen molar-refractivity contribution in [3.8, 4) is 5.75 Å². The number of hydrogen-bond donors (Lipinski definition) is 0. The van der Waals surface area contributed by atoms with Crippen LogP contribution in [0.15, 0.2) is 18.2 Å². The number of ketones is 1. The molecule has 1 amide bonds. The van der Waals surface area contributed by atoms with Gasteiger partial charge in [0.1, 0.15) is 11.4 Å². The largest absolute Gasteiger partial charge is 0.486 e. The zero-order valence-corrected chi connectivity index (χ0v) is 13.5. The van der Waals surface area contributed by atoms with E-state index in [9.17, 15) is 9.59 Å². The second kappa shape index (κ2) is 5.41. The number of carbonyl (C=O) groups is 2. The molecule has 4 heteroatoms. The van der Waals surface area contributed by atoms with E-state index in [0.717, 1.165) is 18.4 Å². The Morgan fingerprint density at radius 2 is 1.95 bits per heavy atom. The first-order chi connectivity index (χ1) is 10.4. The van der Waals surface area contributed by atoms with E-state index in [-0.39, 0.29) is 17.6 Å². The second-order valence-corrected chi connectivity index (χ2v) is 6.86. The lowest BCUT2D eigenvalue weighted by Crippen LogP contribution is -2.52. The highest BCUT2D eigenvalue weighted by molar-refractivity contribution is 6.00. The van der Waals surface area contributed by atoms with Crippen molar-refractivity contribution < 1.29 is 14.3 Å². The maximum atomic E-state index is 12.5. The maximum absolute atomic E-state index is 12.5. The van der Waals surface area contributed by atoms with E-state index in [2.05, 4.69) is 0 Å². The zero-order chi connectivity index (χ0) is 15.9. The summed E-state index contributed by atoms with van der Waals surface area (Å²) in [6.07, 6.45) is 1.88. The van der Waals surface area contributed by atoms with Gasteiger partial charge in [-0.1, -0.05) is 25.5 Å². The highest BCUT2D eigenvalue weighted by Crippen LogP contribution is 2.39. The molecule has 22 heavy (non-hydrogen) atoms. The van der Waals surface area contributed by atoms with Crippen molar-refractivity contribution in [3.63, 3.8) is 0 Å². The molecule has 0 radical (unpaired) electrons. The molecular weight excluding hydrogens is 278 g/mol. The van der Waals surface area contributed by atoms with E-state index in [1.807, 2.05) is 43.9 Å². The van der Waals surface area contributed by atoms with Crippen LogP contribution in [-0.4, -0.2) is 35.3 Å². The first-order valence-corrected chi connectivity index (χ1v) is 8.02. The number of likely N-dealkylation sites (tertiary alicyclic amines) is 1. The first kappa shape index (κ1) is 15.1. The summed E-state index contributed by atoms with van der Waals surface area (Å²) < 4.78 is 6.22. The fraction of sp³-hybridized carbons (Fsp3) is 0.556. The predicted molar refractivity (Wildman–Crippen MR) is 84.1 cm³/mol. The Bertz CT molecular complexity index is 613. The molecule has 0 atom stereocenters. The standard InChI is InChI=1S/C18H23NO3/c1-12(2)17(21)19-8-6-18(7-9-19)11-15(20)14-10-13(3)4-5-16(14)22-18/h4-5,10,12H,6-9,11H2,1-3H3. The third-order valence-electron chi connectivity index (χ3n) is 4.72. The lowest BCUT2D eigenvalue weighted by atomic mass is 9.82. The molecule has 1 aromatic carbocycles. The van der Waals surface area contributed by atoms with Crippen molar-refractivity contribution in [2.75, 3.05) is 13.1 Å². The summed E-state index contributed by atoms with van der Waals surface area (Å²) in [6, 6.07) is 5.78. The van der Waals surface area contributed by atoms with Gasteiger partial charge >= 0.3 is 0 Å². The average Bonchev–Trinajstić information content (AvgIpc) is 2.48. The van der Waals surface area contributed by atoms with E-state index < -0.39 is 5.60 Å². The molecule has 1 fully saturated rings. The van der Waals surface area contributed by atoms with Gasteiger partial charge in [-0.2, -0.15) is 0 Å². The quantitative estimate of drug-likeness (QED) is 0.801. The summed E-state index contributed by atoms with van der Waals surface area (Å²) in [4.78, 5) is 26.5. The van der Waals surface area contributed by atoms with Gasteiger partial charge in [-0.3, -0.25) is 9.59 Å². The number of Topliss-reactive ketones (excluding diaryl/α,β-unsaturated/α-hetero) is 1. The van der Waals surface area contributed by atoms with Crippen LogP contribution in [0, 0.1) is 12.8 Å². The second-order valence-electron chi connectivity index (χ2n) is 6.86. The van der Waals surface area contributed by atoms with Gasteiger partial charge in [-0.25, -0.2) is 0 Å². The van der Waals surface area contributed by atoms with Crippen LogP contribution in [0.2, 0.25) is 0 Å². The summed E-state index contributed by atoms with van der Waals surface area (Å²) in [7, 11) is 0. The highest BCUT2D eigenvalue weighted by atomic mass is 16.5. The molecule has 1 spiro atoms. The van der Waals surface area contributed by atoms with Gasteiger partial charge in [0.25, 0.3) is 0 Å². The minimum atomic E-state index is -0.424. The molecule has 1 saturated heterocycles. The van der Waals surface area contributed by atoms with E-state index in [0.29, 0.717) is 30.8 Å². The number of fused-ring (bicyclic) bond motifs is 1. The fourth-order valence-electron chi connectivity index (χ4n) is 3.39. The van der Waals surface area contributed by atoms with E-state index in [4.69, 9.17) is 4.74 Å². The van der Waals surface area contributed by atoms with Crippen LogP contribution in [0.5, 0.6) is 5.75 Å². The van der Waals surface area contributed by atoms with Crippen molar-refractivity contribution in [1.29, 1.82) is 0 Å². The van der Waals surface area contributed by atoms with E-state index in [1.165, 1.54) is 0 Å². The summed E-state index contributed by atoms with van der Waals surface area (Å²) in [5, 5.41) is 0. The van der Waals surface area contributed by atoms with Crippen molar-refractivity contribution in [2.24, 2.45) is 5.92 Å². The molecule has 2 aliphatic rings. The minimum Gasteiger partial charge on any atom is -0.486 e. The fourth-order valence-corrected chi connectivity index (χ4v) is 3.39. The third-order valence-corrected chi connectivity index (χ3v) is 4.72. The molecular formula is C18H23NO3. The summed E-state index contributed by atoms with van der Waals surface area (Å²) >= 11 is 0. The summed E-state index contributed by atoms with van der Waals surface area (Å²) in [5.74, 6) is 1.07. The van der Waals surface area contributed by atoms with Crippen LogP contribution in [-0.2, 0) is 4.79 Å². The molecule has 0 N–H and O–H groups in total. The van der Waals surface area contributed by atoms with Crippen molar-refractivity contribution in [1.82, 2.24) is 4.90 Å². The number of rotatable bonds is 1. The minimum absolute atomic E-state index is 0.0201. The van der Waals surface area contributed by atoms with Crippen molar-refractivity contribution in [3.05, 3.63) is 29.3 Å². The normalized spacial score (nSPS) is 20.0. The molecule has 2 aliphatic heterocycles. The number of benzene rings is 1. The molecule has 118 valence electrons. The van der Waals surface area contributed by atoms with Crippen LogP contribution < -0.4 is 4.74 Å². The molecule has 4 nitrogen and oxygen atoms in total.